The summed E-state index contributed by atoms with van der Waals surface area (Å²) in [6.07, 6.45) is 0. The van der Waals surface area contributed by atoms with Gasteiger partial charge in [-0.3, -0.25) is 0 Å². The second-order valence-corrected chi connectivity index (χ2v) is 6.68. The van der Waals surface area contributed by atoms with E-state index in [1.54, 1.807) is 0 Å². The molecular formula is CHBr3Hg. The van der Waals surface area contributed by atoms with Gasteiger partial charge in [-0.1, -0.05) is 47.8 Å². The minimum atomic E-state index is 0. The summed E-state index contributed by atoms with van der Waals surface area (Å²) in [5.41, 5.74) is 0. The molecule has 0 heterocycles. The van der Waals surface area contributed by atoms with E-state index in [9.17, 15) is 0 Å². The number of alkyl halides is 3. The molecule has 0 aliphatic heterocycles. The van der Waals surface area contributed by atoms with E-state index in [2.05, 4.69) is 47.8 Å². The minimum Gasteiger partial charge on any atom is -0.0637 e. The van der Waals surface area contributed by atoms with Crippen molar-refractivity contribution < 1.29 is 27.7 Å². The van der Waals surface area contributed by atoms with E-state index in [-0.39, 0.29) is 30.3 Å². The predicted molar refractivity (Wildman–Crippen MR) is 30.6 cm³/mol. The molecule has 0 unspecified atom stereocenters. The molecule has 0 aliphatic rings. The standard InChI is InChI=1S/CHBr3.Hg/c2-1(3)4;/h1H;. The van der Waals surface area contributed by atoms with E-state index in [0.29, 0.717) is 0 Å². The largest absolute Gasteiger partial charge is 0.124 e. The van der Waals surface area contributed by atoms with Gasteiger partial charge in [0, 0.05) is 27.7 Å². The second kappa shape index (κ2) is 6.38. The van der Waals surface area contributed by atoms with Gasteiger partial charge in [0.1, 0.15) is 2.65 Å². The Hall–Kier alpha value is 2.38. The van der Waals surface area contributed by atoms with E-state index in [1.165, 1.54) is 0 Å². The third-order valence-electron chi connectivity index (χ3n) is 0. The van der Waals surface area contributed by atoms with Crippen LogP contribution in [0.25, 0.3) is 0 Å². The SMILES string of the molecule is BrC(Br)Br.[Hg]. The topological polar surface area (TPSA) is 0 Å². The monoisotopic (exact) mass is 452 g/mol. The van der Waals surface area contributed by atoms with Gasteiger partial charge in [-0.2, -0.15) is 0 Å². The fourth-order valence-electron chi connectivity index (χ4n) is 0. The molecule has 0 saturated heterocycles. The Balaban J connectivity index is 0. The maximum atomic E-state index is 3.10. The zero-order valence-corrected chi connectivity index (χ0v) is 12.7. The molecule has 0 spiro atoms. The van der Waals surface area contributed by atoms with Crippen molar-refractivity contribution in [2.45, 2.75) is 2.65 Å². The van der Waals surface area contributed by atoms with Crippen LogP contribution in [0.2, 0.25) is 0 Å². The van der Waals surface area contributed by atoms with Crippen LogP contribution in [0.4, 0.5) is 0 Å². The molecule has 0 amide bonds. The summed E-state index contributed by atoms with van der Waals surface area (Å²) in [5, 5.41) is 0. The molecular weight excluding hydrogens is 452 g/mol. The van der Waals surface area contributed by atoms with E-state index in [0.717, 1.165) is 0 Å². The van der Waals surface area contributed by atoms with E-state index < -0.39 is 0 Å². The van der Waals surface area contributed by atoms with Crippen molar-refractivity contribution in [3.8, 4) is 0 Å². The Morgan fingerprint density at radius 3 is 1.00 bits per heavy atom. The summed E-state index contributed by atoms with van der Waals surface area (Å²) in [7, 11) is 0. The quantitative estimate of drug-likeness (QED) is 0.391. The molecule has 0 nitrogen and oxygen atoms in total. The van der Waals surface area contributed by atoms with E-state index in [4.69, 9.17) is 0 Å². The number of hydrogen-bond acceptors (Lipinski definition) is 0. The van der Waals surface area contributed by atoms with Gasteiger partial charge in [-0.15, -0.1) is 0 Å². The van der Waals surface area contributed by atoms with Crippen molar-refractivity contribution in [2.24, 2.45) is 0 Å². The van der Waals surface area contributed by atoms with Crippen molar-refractivity contribution >= 4 is 47.8 Å². The van der Waals surface area contributed by atoms with Gasteiger partial charge in [0.05, 0.1) is 0 Å². The van der Waals surface area contributed by atoms with Crippen molar-refractivity contribution in [1.82, 2.24) is 0 Å². The maximum Gasteiger partial charge on any atom is 0.124 e. The predicted octanol–water partition coefficient (Wildman–Crippen LogP) is 2.45. The first-order valence-electron chi connectivity index (χ1n) is 0.655. The van der Waals surface area contributed by atoms with Crippen LogP contribution in [0.5, 0.6) is 0 Å². The fourth-order valence-corrected chi connectivity index (χ4v) is 0. The van der Waals surface area contributed by atoms with E-state index in [1.807, 2.05) is 0 Å². The molecule has 0 bridgehead atoms. The Kier molecular flexibility index (Phi) is 13.2. The summed E-state index contributed by atoms with van der Waals surface area (Å²) in [5.74, 6) is 0. The average Bonchev–Trinajstić information content (AvgIpc) is 0.811. The van der Waals surface area contributed by atoms with Gasteiger partial charge in [0.2, 0.25) is 0 Å². The zero-order chi connectivity index (χ0) is 3.58. The number of hydrogen-bond donors (Lipinski definition) is 0. The maximum absolute atomic E-state index is 3.10. The Labute approximate surface area is 77.0 Å². The summed E-state index contributed by atoms with van der Waals surface area (Å²) < 4.78 is 0.271. The third kappa shape index (κ3) is 21.6. The molecule has 0 N–H and O–H groups in total. The van der Waals surface area contributed by atoms with Crippen LogP contribution >= 0.6 is 47.8 Å². The van der Waals surface area contributed by atoms with Gasteiger partial charge in [-0.05, 0) is 0 Å². The summed E-state index contributed by atoms with van der Waals surface area (Å²) in [6.45, 7) is 0. The molecule has 4 heteroatoms. The Morgan fingerprint density at radius 2 is 1.00 bits per heavy atom. The number of rotatable bonds is 0. The van der Waals surface area contributed by atoms with Gasteiger partial charge < -0.3 is 0 Å². The molecule has 0 aromatic rings. The molecule has 0 aromatic heterocycles. The van der Waals surface area contributed by atoms with Crippen molar-refractivity contribution in [2.75, 3.05) is 0 Å². The van der Waals surface area contributed by atoms with Crippen LogP contribution in [-0.2, 0) is 27.7 Å². The Bertz CT molecular complexity index is 11.6. The second-order valence-electron chi connectivity index (χ2n) is 0.247. The van der Waals surface area contributed by atoms with Crippen molar-refractivity contribution in [3.05, 3.63) is 0 Å². The van der Waals surface area contributed by atoms with Gasteiger partial charge >= 0.3 is 0 Å². The first kappa shape index (κ1) is 10.4. The molecule has 28 valence electrons. The zero-order valence-electron chi connectivity index (χ0n) is 2.42. The minimum absolute atomic E-state index is 0. The van der Waals surface area contributed by atoms with E-state index >= 15 is 0 Å². The van der Waals surface area contributed by atoms with Crippen LogP contribution in [0.1, 0.15) is 0 Å². The number of halogens is 3. The molecule has 0 atom stereocenters. The molecule has 5 heavy (non-hydrogen) atoms. The first-order valence-corrected chi connectivity index (χ1v) is 3.40. The smallest absolute Gasteiger partial charge is 0.0637 e. The van der Waals surface area contributed by atoms with Crippen molar-refractivity contribution in [3.63, 3.8) is 0 Å². The van der Waals surface area contributed by atoms with Crippen LogP contribution in [-0.4, -0.2) is 2.65 Å². The van der Waals surface area contributed by atoms with Gasteiger partial charge in [0.15, 0.2) is 0 Å². The summed E-state index contributed by atoms with van der Waals surface area (Å²) >= 11 is 9.31. The summed E-state index contributed by atoms with van der Waals surface area (Å²) in [4.78, 5) is 0. The van der Waals surface area contributed by atoms with Gasteiger partial charge in [-0.25, -0.2) is 0 Å². The van der Waals surface area contributed by atoms with Crippen LogP contribution < -0.4 is 0 Å². The van der Waals surface area contributed by atoms with Crippen LogP contribution in [0, 0.1) is 0 Å². The fraction of sp³-hybridized carbons (Fsp3) is 1.00. The molecule has 0 radical (unpaired) electrons. The average molecular weight is 453 g/mol. The molecule has 0 rings (SSSR count). The molecule has 0 aromatic carbocycles. The molecule has 0 aliphatic carbocycles. The van der Waals surface area contributed by atoms with Crippen molar-refractivity contribution in [1.29, 1.82) is 0 Å². The normalized spacial score (nSPS) is 7.20. The molecule has 0 saturated carbocycles. The summed E-state index contributed by atoms with van der Waals surface area (Å²) in [6, 6.07) is 0. The van der Waals surface area contributed by atoms with Crippen LogP contribution in [0.3, 0.4) is 0 Å². The Morgan fingerprint density at radius 1 is 1.00 bits per heavy atom. The molecule has 0 fully saturated rings. The van der Waals surface area contributed by atoms with Crippen LogP contribution in [0.15, 0.2) is 0 Å². The third-order valence-corrected chi connectivity index (χ3v) is 0. The van der Waals surface area contributed by atoms with Gasteiger partial charge in [0.25, 0.3) is 0 Å². The first-order chi connectivity index (χ1) is 1.73.